The largest absolute Gasteiger partial charge is 0.390 e. The molecule has 3 saturated carbocycles. The Bertz CT molecular complexity index is 665. The van der Waals surface area contributed by atoms with Crippen LogP contribution in [0.5, 0.6) is 0 Å². The SMILES string of the molecule is CC[C@]1(O)CC[C@H]2C(=CC[C@@H]3[C@@H]2CC[C@]2(C)[C@@H](CCCC4(O)CCOC4)CC[C@@H]32)C1. The average Bonchev–Trinajstić information content (AvgIpc) is 3.31. The molecule has 0 radical (unpaired) electrons. The van der Waals surface area contributed by atoms with E-state index in [0.717, 1.165) is 74.7 Å². The van der Waals surface area contributed by atoms with Gasteiger partial charge in [0.25, 0.3) is 0 Å². The first-order valence-corrected chi connectivity index (χ1v) is 13.1. The molecule has 8 atom stereocenters. The van der Waals surface area contributed by atoms with Gasteiger partial charge in [0.05, 0.1) is 17.8 Å². The number of hydrogen-bond acceptors (Lipinski definition) is 3. The molecule has 1 aliphatic heterocycles. The Balaban J connectivity index is 1.24. The topological polar surface area (TPSA) is 49.7 Å². The molecule has 0 aromatic rings. The van der Waals surface area contributed by atoms with Crippen molar-refractivity contribution in [2.75, 3.05) is 13.2 Å². The van der Waals surface area contributed by atoms with Gasteiger partial charge in [-0.2, -0.15) is 0 Å². The Morgan fingerprint density at radius 2 is 1.90 bits per heavy atom. The van der Waals surface area contributed by atoms with Crippen molar-refractivity contribution in [2.24, 2.45) is 35.0 Å². The van der Waals surface area contributed by atoms with Crippen molar-refractivity contribution in [3.8, 4) is 0 Å². The minimum Gasteiger partial charge on any atom is -0.390 e. The number of ether oxygens (including phenoxy) is 1. The Morgan fingerprint density at radius 3 is 2.67 bits per heavy atom. The van der Waals surface area contributed by atoms with Gasteiger partial charge in [0.1, 0.15) is 0 Å². The fourth-order valence-electron chi connectivity index (χ4n) is 8.72. The summed E-state index contributed by atoms with van der Waals surface area (Å²) in [4.78, 5) is 0. The number of hydrogen-bond donors (Lipinski definition) is 2. The average molecular weight is 417 g/mol. The van der Waals surface area contributed by atoms with Crippen LogP contribution in [0.25, 0.3) is 0 Å². The highest BCUT2D eigenvalue weighted by molar-refractivity contribution is 5.22. The van der Waals surface area contributed by atoms with Crippen molar-refractivity contribution in [1.82, 2.24) is 0 Å². The predicted molar refractivity (Wildman–Crippen MR) is 120 cm³/mol. The Labute approximate surface area is 183 Å². The third-order valence-corrected chi connectivity index (χ3v) is 10.7. The summed E-state index contributed by atoms with van der Waals surface area (Å²) in [5.74, 6) is 4.25. The van der Waals surface area contributed by atoms with E-state index in [-0.39, 0.29) is 0 Å². The predicted octanol–water partition coefficient (Wildman–Crippen LogP) is 5.64. The van der Waals surface area contributed by atoms with E-state index in [1.54, 1.807) is 5.57 Å². The van der Waals surface area contributed by atoms with Crippen molar-refractivity contribution < 1.29 is 14.9 Å². The molecule has 3 nitrogen and oxygen atoms in total. The van der Waals surface area contributed by atoms with E-state index in [0.29, 0.717) is 12.0 Å². The van der Waals surface area contributed by atoms with E-state index in [9.17, 15) is 10.2 Å². The van der Waals surface area contributed by atoms with Gasteiger partial charge in [-0.15, -0.1) is 0 Å². The van der Waals surface area contributed by atoms with E-state index in [2.05, 4.69) is 19.9 Å². The maximum absolute atomic E-state index is 10.9. The van der Waals surface area contributed by atoms with Gasteiger partial charge in [0, 0.05) is 13.0 Å². The summed E-state index contributed by atoms with van der Waals surface area (Å²) in [5, 5.41) is 21.5. The normalized spacial score (nSPS) is 50.5. The molecule has 0 amide bonds. The standard InChI is InChI=1S/C27H44O3/c1-3-26(28)14-11-21-19(17-26)6-8-23-22(21)10-13-25(2)20(7-9-24(23)25)5-4-12-27(29)15-16-30-18-27/h6,20-24,28-29H,3-5,7-18H2,1-2H3/t20-,21-,22+,23+,24-,25+,26-,27?/m0/s1. The highest BCUT2D eigenvalue weighted by atomic mass is 16.5. The van der Waals surface area contributed by atoms with Crippen LogP contribution in [-0.4, -0.2) is 34.6 Å². The third kappa shape index (κ3) is 3.61. The molecule has 4 aliphatic carbocycles. The van der Waals surface area contributed by atoms with Crippen LogP contribution in [0.15, 0.2) is 11.6 Å². The number of aliphatic hydroxyl groups is 2. The number of allylic oxidation sites excluding steroid dienone is 1. The smallest absolute Gasteiger partial charge is 0.0902 e. The number of fused-ring (bicyclic) bond motifs is 5. The molecule has 1 unspecified atom stereocenters. The zero-order valence-electron chi connectivity index (χ0n) is 19.4. The molecule has 1 heterocycles. The molecular weight excluding hydrogens is 372 g/mol. The van der Waals surface area contributed by atoms with Crippen LogP contribution in [0.4, 0.5) is 0 Å². The summed E-state index contributed by atoms with van der Waals surface area (Å²) in [7, 11) is 0. The van der Waals surface area contributed by atoms with Crippen molar-refractivity contribution in [2.45, 2.75) is 109 Å². The lowest BCUT2D eigenvalue weighted by Gasteiger charge is -2.54. The van der Waals surface area contributed by atoms with E-state index in [4.69, 9.17) is 4.74 Å². The molecule has 5 rings (SSSR count). The number of rotatable bonds is 5. The van der Waals surface area contributed by atoms with Gasteiger partial charge in [0.15, 0.2) is 0 Å². The van der Waals surface area contributed by atoms with Gasteiger partial charge in [0.2, 0.25) is 0 Å². The summed E-state index contributed by atoms with van der Waals surface area (Å²) >= 11 is 0. The molecule has 0 aromatic carbocycles. The first kappa shape index (κ1) is 21.5. The molecule has 1 saturated heterocycles. The lowest BCUT2D eigenvalue weighted by molar-refractivity contribution is -0.0416. The van der Waals surface area contributed by atoms with Crippen LogP contribution in [0.3, 0.4) is 0 Å². The van der Waals surface area contributed by atoms with Crippen LogP contribution in [-0.2, 0) is 4.74 Å². The molecule has 0 aromatic heterocycles. The second-order valence-electron chi connectivity index (χ2n) is 12.1. The minimum atomic E-state index is -0.539. The van der Waals surface area contributed by atoms with Crippen molar-refractivity contribution in [3.05, 3.63) is 11.6 Å². The van der Waals surface area contributed by atoms with E-state index < -0.39 is 11.2 Å². The molecule has 2 N–H and O–H groups in total. The Hall–Kier alpha value is -0.380. The van der Waals surface area contributed by atoms with E-state index in [1.165, 1.54) is 44.9 Å². The molecular formula is C27H44O3. The molecule has 0 spiro atoms. The van der Waals surface area contributed by atoms with Crippen LogP contribution < -0.4 is 0 Å². The van der Waals surface area contributed by atoms with Gasteiger partial charge in [-0.05, 0) is 106 Å². The first-order valence-electron chi connectivity index (χ1n) is 13.1. The van der Waals surface area contributed by atoms with Gasteiger partial charge in [-0.3, -0.25) is 0 Å². The summed E-state index contributed by atoms with van der Waals surface area (Å²) in [6.07, 6.45) is 17.7. The van der Waals surface area contributed by atoms with Crippen molar-refractivity contribution in [3.63, 3.8) is 0 Å². The lowest BCUT2D eigenvalue weighted by Crippen LogP contribution is -2.47. The van der Waals surface area contributed by atoms with Crippen LogP contribution in [0.2, 0.25) is 0 Å². The summed E-state index contributed by atoms with van der Waals surface area (Å²) in [6, 6.07) is 0. The fraction of sp³-hybridized carbons (Fsp3) is 0.926. The Morgan fingerprint density at radius 1 is 1.03 bits per heavy atom. The molecule has 30 heavy (non-hydrogen) atoms. The molecule has 4 fully saturated rings. The van der Waals surface area contributed by atoms with Gasteiger partial charge in [-0.1, -0.05) is 31.9 Å². The highest BCUT2D eigenvalue weighted by Crippen LogP contribution is 2.64. The molecule has 5 aliphatic rings. The van der Waals surface area contributed by atoms with Crippen LogP contribution in [0.1, 0.15) is 97.3 Å². The third-order valence-electron chi connectivity index (χ3n) is 10.7. The van der Waals surface area contributed by atoms with Gasteiger partial charge in [-0.25, -0.2) is 0 Å². The Kier molecular flexibility index (Phi) is 5.64. The zero-order chi connectivity index (χ0) is 21.0. The molecule has 3 heteroatoms. The van der Waals surface area contributed by atoms with Gasteiger partial charge >= 0.3 is 0 Å². The summed E-state index contributed by atoms with van der Waals surface area (Å²) in [6.45, 7) is 6.05. The molecule has 170 valence electrons. The summed E-state index contributed by atoms with van der Waals surface area (Å²) in [5.41, 5.74) is 1.16. The minimum absolute atomic E-state index is 0.425. The maximum Gasteiger partial charge on any atom is 0.0902 e. The van der Waals surface area contributed by atoms with Crippen LogP contribution >= 0.6 is 0 Å². The van der Waals surface area contributed by atoms with E-state index in [1.807, 2.05) is 0 Å². The summed E-state index contributed by atoms with van der Waals surface area (Å²) < 4.78 is 5.44. The maximum atomic E-state index is 10.9. The van der Waals surface area contributed by atoms with Crippen molar-refractivity contribution in [1.29, 1.82) is 0 Å². The molecule has 0 bridgehead atoms. The van der Waals surface area contributed by atoms with E-state index >= 15 is 0 Å². The fourth-order valence-corrected chi connectivity index (χ4v) is 8.72. The second-order valence-corrected chi connectivity index (χ2v) is 12.1. The first-order chi connectivity index (χ1) is 14.4. The van der Waals surface area contributed by atoms with Crippen LogP contribution in [0, 0.1) is 35.0 Å². The van der Waals surface area contributed by atoms with Gasteiger partial charge < -0.3 is 14.9 Å². The van der Waals surface area contributed by atoms with Crippen molar-refractivity contribution >= 4 is 0 Å². The second kappa shape index (κ2) is 7.89. The highest BCUT2D eigenvalue weighted by Gasteiger charge is 2.56. The monoisotopic (exact) mass is 416 g/mol. The quantitative estimate of drug-likeness (QED) is 0.570. The lowest BCUT2D eigenvalue weighted by atomic mass is 9.51. The zero-order valence-corrected chi connectivity index (χ0v) is 19.4.